The zero-order valence-corrected chi connectivity index (χ0v) is 23.6. The molecule has 4 aromatic heterocycles. The molecule has 0 saturated carbocycles. The zero-order chi connectivity index (χ0) is 26.0. The van der Waals surface area contributed by atoms with Gasteiger partial charge in [0.25, 0.3) is 0 Å². The van der Waals surface area contributed by atoms with Gasteiger partial charge in [-0.1, -0.05) is 30.1 Å². The van der Waals surface area contributed by atoms with Crippen LogP contribution < -0.4 is 0 Å². The molecule has 0 radical (unpaired) electrons. The number of halogens is 1. The Balaban J connectivity index is 0.000000228. The Morgan fingerprint density at radius 3 is 1.53 bits per heavy atom. The largest absolute Gasteiger partial charge is 0.363 e. The number of nitrogens with zero attached hydrogens (tertiary/aromatic N) is 1. The van der Waals surface area contributed by atoms with Crippen LogP contribution in [0, 0.1) is 69.2 Å². The van der Waals surface area contributed by atoms with Crippen LogP contribution in [0.4, 0.5) is 0 Å². The van der Waals surface area contributed by atoms with Gasteiger partial charge in [-0.15, -0.1) is 0 Å². The fourth-order valence-electron chi connectivity index (χ4n) is 3.24. The fourth-order valence-corrected chi connectivity index (χ4v) is 3.42. The van der Waals surface area contributed by atoms with Gasteiger partial charge in [0.1, 0.15) is 5.76 Å². The number of hydrogen-bond donors (Lipinski definition) is 3. The van der Waals surface area contributed by atoms with Crippen molar-refractivity contribution >= 4 is 11.6 Å². The maximum atomic E-state index is 5.87. The van der Waals surface area contributed by atoms with Crippen LogP contribution in [0.3, 0.4) is 0 Å². The molecule has 0 spiro atoms. The van der Waals surface area contributed by atoms with Gasteiger partial charge in [-0.25, -0.2) is 0 Å². The lowest BCUT2D eigenvalue weighted by Gasteiger charge is -1.89. The first kappa shape index (κ1) is 29.4. The average Bonchev–Trinajstić information content (AvgIpc) is 3.45. The molecule has 4 heterocycles. The van der Waals surface area contributed by atoms with E-state index in [9.17, 15) is 0 Å². The lowest BCUT2D eigenvalue weighted by atomic mass is 10.2. The molecule has 0 fully saturated rings. The van der Waals surface area contributed by atoms with Crippen LogP contribution in [0.15, 0.2) is 22.9 Å². The topological polar surface area (TPSA) is 73.4 Å². The summed E-state index contributed by atoms with van der Waals surface area (Å²) in [4.78, 5) is 9.70. The summed E-state index contributed by atoms with van der Waals surface area (Å²) in [6, 6.07) is 4.38. The smallest absolute Gasteiger partial charge is 0.136 e. The first-order chi connectivity index (χ1) is 15.9. The monoisotopic (exact) mass is 486 g/mol. The number of aromatic amines is 3. The number of rotatable bonds is 2. The molecule has 0 unspecified atom stereocenters. The second-order valence-corrected chi connectivity index (χ2v) is 9.37. The SMILES string of the molecule is CCCc1cc(C)c(C)[nH]1.Cc1[nH]c(C)c(Cl)c1C.Cc1cc(C)c(C)[nH]1.Cc1cnoc1C. The van der Waals surface area contributed by atoms with Crippen LogP contribution in [0.2, 0.25) is 5.02 Å². The van der Waals surface area contributed by atoms with E-state index in [1.807, 2.05) is 34.6 Å². The maximum Gasteiger partial charge on any atom is 0.136 e. The van der Waals surface area contributed by atoms with E-state index in [4.69, 9.17) is 16.1 Å². The first-order valence-corrected chi connectivity index (χ1v) is 12.2. The Kier molecular flexibility index (Phi) is 12.0. The summed E-state index contributed by atoms with van der Waals surface area (Å²) in [7, 11) is 0. The van der Waals surface area contributed by atoms with E-state index in [1.54, 1.807) is 6.20 Å². The van der Waals surface area contributed by atoms with E-state index in [0.717, 1.165) is 33.3 Å². The van der Waals surface area contributed by atoms with Gasteiger partial charge in [-0.2, -0.15) is 0 Å². The minimum atomic E-state index is 0.868. The quantitative estimate of drug-likeness (QED) is 0.266. The predicted molar refractivity (Wildman–Crippen MR) is 145 cm³/mol. The van der Waals surface area contributed by atoms with Gasteiger partial charge in [-0.3, -0.25) is 0 Å². The first-order valence-electron chi connectivity index (χ1n) is 11.8. The molecule has 0 aliphatic rings. The zero-order valence-electron chi connectivity index (χ0n) is 22.9. The molecule has 0 atom stereocenters. The number of hydrogen-bond acceptors (Lipinski definition) is 2. The molecule has 0 amide bonds. The van der Waals surface area contributed by atoms with Crippen LogP contribution in [-0.4, -0.2) is 20.1 Å². The second kappa shape index (κ2) is 13.9. The van der Waals surface area contributed by atoms with Crippen LogP contribution in [0.25, 0.3) is 0 Å². The summed E-state index contributed by atoms with van der Waals surface area (Å²) < 4.78 is 4.71. The third kappa shape index (κ3) is 9.30. The second-order valence-electron chi connectivity index (χ2n) is 8.99. The minimum absolute atomic E-state index is 0.868. The highest BCUT2D eigenvalue weighted by Gasteiger charge is 2.03. The summed E-state index contributed by atoms with van der Waals surface area (Å²) in [5, 5.41) is 4.41. The van der Waals surface area contributed by atoms with Crippen LogP contribution in [-0.2, 0) is 6.42 Å². The molecule has 34 heavy (non-hydrogen) atoms. The molecule has 6 heteroatoms. The van der Waals surface area contributed by atoms with E-state index in [0.29, 0.717) is 0 Å². The molecule has 0 aromatic carbocycles. The van der Waals surface area contributed by atoms with Gasteiger partial charge in [-0.05, 0) is 104 Å². The maximum absolute atomic E-state index is 5.87. The Bertz CT molecular complexity index is 1070. The number of H-pyrrole nitrogens is 3. The Hall–Kier alpha value is -2.66. The van der Waals surface area contributed by atoms with E-state index >= 15 is 0 Å². The molecule has 188 valence electrons. The molecule has 0 aliphatic heterocycles. The minimum Gasteiger partial charge on any atom is -0.363 e. The van der Waals surface area contributed by atoms with E-state index in [2.05, 4.69) is 73.8 Å². The van der Waals surface area contributed by atoms with Crippen molar-refractivity contribution in [3.63, 3.8) is 0 Å². The molecule has 0 saturated heterocycles. The van der Waals surface area contributed by atoms with E-state index < -0.39 is 0 Å². The number of nitrogens with one attached hydrogen (secondary N) is 3. The third-order valence-electron chi connectivity index (χ3n) is 5.85. The lowest BCUT2D eigenvalue weighted by molar-refractivity contribution is 0.396. The lowest BCUT2D eigenvalue weighted by Crippen LogP contribution is -1.81. The van der Waals surface area contributed by atoms with Crippen LogP contribution in [0.5, 0.6) is 0 Å². The van der Waals surface area contributed by atoms with Gasteiger partial charge < -0.3 is 19.5 Å². The van der Waals surface area contributed by atoms with Crippen molar-refractivity contribution in [2.45, 2.75) is 89.0 Å². The molecular weight excluding hydrogens is 444 g/mol. The molecule has 4 rings (SSSR count). The van der Waals surface area contributed by atoms with Crippen LogP contribution >= 0.6 is 11.6 Å². The van der Waals surface area contributed by atoms with Crippen molar-refractivity contribution in [1.29, 1.82) is 0 Å². The van der Waals surface area contributed by atoms with Crippen LogP contribution in [0.1, 0.15) is 75.5 Å². The van der Waals surface area contributed by atoms with Crippen molar-refractivity contribution < 1.29 is 4.52 Å². The molecule has 0 aliphatic carbocycles. The van der Waals surface area contributed by atoms with Crippen molar-refractivity contribution in [3.05, 3.63) is 85.5 Å². The van der Waals surface area contributed by atoms with Crippen molar-refractivity contribution in [1.82, 2.24) is 20.1 Å². The Labute approximate surface area is 210 Å². The number of aromatic nitrogens is 4. The standard InChI is InChI=1S/C9H15N.C7H10ClN.C7H11N.C5H7NO/c1-4-5-9-6-7(2)8(3)10-9;1-4-5(2)9-6(3)7(4)8;1-5-4-6(2)8-7(5)3;1-4-3-6-7-5(4)2/h6,10H,4-5H2,1-3H3;9H,1-3H3;4,8H,1-3H3;3H,1-2H3. The highest BCUT2D eigenvalue weighted by molar-refractivity contribution is 6.32. The van der Waals surface area contributed by atoms with E-state index in [-0.39, 0.29) is 0 Å². The van der Waals surface area contributed by atoms with Crippen molar-refractivity contribution in [2.24, 2.45) is 0 Å². The summed E-state index contributed by atoms with van der Waals surface area (Å²) in [5.74, 6) is 0.903. The highest BCUT2D eigenvalue weighted by atomic mass is 35.5. The Morgan fingerprint density at radius 1 is 0.735 bits per heavy atom. The molecule has 5 nitrogen and oxygen atoms in total. The normalized spacial score (nSPS) is 10.0. The molecule has 3 N–H and O–H groups in total. The van der Waals surface area contributed by atoms with Crippen molar-refractivity contribution in [3.8, 4) is 0 Å². The summed E-state index contributed by atoms with van der Waals surface area (Å²) in [6.07, 6.45) is 4.10. The summed E-state index contributed by atoms with van der Waals surface area (Å²) in [6.45, 7) is 22.6. The van der Waals surface area contributed by atoms with Gasteiger partial charge in [0.15, 0.2) is 0 Å². The molecular formula is C28H43ClN4O. The Morgan fingerprint density at radius 2 is 1.32 bits per heavy atom. The summed E-state index contributed by atoms with van der Waals surface area (Å²) >= 11 is 5.87. The third-order valence-corrected chi connectivity index (χ3v) is 6.41. The van der Waals surface area contributed by atoms with Gasteiger partial charge in [0, 0.05) is 39.7 Å². The molecule has 0 bridgehead atoms. The van der Waals surface area contributed by atoms with Gasteiger partial charge in [0.05, 0.1) is 11.2 Å². The number of aryl methyl sites for hydroxylation is 10. The van der Waals surface area contributed by atoms with Crippen molar-refractivity contribution in [2.75, 3.05) is 0 Å². The summed E-state index contributed by atoms with van der Waals surface area (Å²) in [5.41, 5.74) is 12.4. The van der Waals surface area contributed by atoms with E-state index in [1.165, 1.54) is 46.7 Å². The predicted octanol–water partition coefficient (Wildman–Crippen LogP) is 8.41. The average molecular weight is 487 g/mol. The highest BCUT2D eigenvalue weighted by Crippen LogP contribution is 2.21. The van der Waals surface area contributed by atoms with Gasteiger partial charge >= 0.3 is 0 Å². The molecule has 4 aromatic rings. The fraction of sp³-hybridized carbons (Fsp3) is 0.464. The van der Waals surface area contributed by atoms with Gasteiger partial charge in [0.2, 0.25) is 0 Å².